The molecule has 2 bridgehead atoms. The lowest BCUT2D eigenvalue weighted by Gasteiger charge is -2.27. The molecule has 9 heteroatoms. The molecule has 2 N–H and O–H groups in total. The Bertz CT molecular complexity index is 1340. The summed E-state index contributed by atoms with van der Waals surface area (Å²) in [5.74, 6) is -0.348. The van der Waals surface area contributed by atoms with Crippen molar-refractivity contribution in [2.45, 2.75) is 51.1 Å². The summed E-state index contributed by atoms with van der Waals surface area (Å²) in [6, 6.07) is 20.2. The number of rotatable bonds is 5. The zero-order valence-electron chi connectivity index (χ0n) is 23.8. The van der Waals surface area contributed by atoms with Crippen LogP contribution in [0.15, 0.2) is 60.7 Å². The Morgan fingerprint density at radius 3 is 2.41 bits per heavy atom. The number of aryl methyl sites for hydroxylation is 1. The number of benzene rings is 2. The summed E-state index contributed by atoms with van der Waals surface area (Å²) < 4.78 is 1.80. The number of nitrogens with one attached hydrogen (secondary N) is 2. The van der Waals surface area contributed by atoms with Crippen LogP contribution in [0.3, 0.4) is 0 Å². The summed E-state index contributed by atoms with van der Waals surface area (Å²) in [6.07, 6.45) is 3.78. The van der Waals surface area contributed by atoms with E-state index in [4.69, 9.17) is 0 Å². The lowest BCUT2D eigenvalue weighted by Crippen LogP contribution is -2.46. The molecule has 2 aromatic carbocycles. The van der Waals surface area contributed by atoms with Crippen LogP contribution in [0.5, 0.6) is 0 Å². The Morgan fingerprint density at radius 2 is 1.66 bits per heavy atom. The van der Waals surface area contributed by atoms with Crippen molar-refractivity contribution in [3.8, 4) is 0 Å². The second kappa shape index (κ2) is 13.6. The fraction of sp³-hybridized carbons (Fsp3) is 0.438. The number of fused-ring (bicyclic) bond motifs is 1. The highest BCUT2D eigenvalue weighted by atomic mass is 16.2. The molecule has 1 atom stereocenters. The quantitative estimate of drug-likeness (QED) is 0.503. The van der Waals surface area contributed by atoms with Gasteiger partial charge in [-0.3, -0.25) is 24.0 Å². The van der Waals surface area contributed by atoms with Crippen LogP contribution in [0.4, 0.5) is 0 Å². The van der Waals surface area contributed by atoms with Crippen LogP contribution in [0.2, 0.25) is 0 Å². The monoisotopic (exact) mass is 556 g/mol. The van der Waals surface area contributed by atoms with Gasteiger partial charge in [0.1, 0.15) is 0 Å². The molecule has 0 saturated carbocycles. The van der Waals surface area contributed by atoms with Gasteiger partial charge in [0, 0.05) is 56.9 Å². The minimum atomic E-state index is -0.180. The zero-order chi connectivity index (χ0) is 28.6. The third-order valence-corrected chi connectivity index (χ3v) is 8.06. The zero-order valence-corrected chi connectivity index (χ0v) is 23.8. The Balaban J connectivity index is 1.35. The Labute approximate surface area is 241 Å². The van der Waals surface area contributed by atoms with Crippen molar-refractivity contribution in [1.29, 1.82) is 0 Å². The molecule has 2 heterocycles. The molecule has 1 aromatic heterocycles. The Hall–Kier alpha value is -3.98. The van der Waals surface area contributed by atoms with E-state index in [-0.39, 0.29) is 30.3 Å². The van der Waals surface area contributed by atoms with Crippen molar-refractivity contribution < 1.29 is 14.4 Å². The van der Waals surface area contributed by atoms with Gasteiger partial charge in [-0.05, 0) is 49.8 Å². The van der Waals surface area contributed by atoms with E-state index in [1.54, 1.807) is 9.58 Å². The SMILES string of the molecule is Cn1nc2c3c1CCC(C3)NC(=O)CN(CCc1ccccc1)C(=O)CCCN(Cc1ccccc1)CCNC2=O. The van der Waals surface area contributed by atoms with Crippen molar-refractivity contribution in [1.82, 2.24) is 30.2 Å². The molecule has 9 nitrogen and oxygen atoms in total. The van der Waals surface area contributed by atoms with Crippen LogP contribution in [0, 0.1) is 0 Å². The standard InChI is InChI=1S/C32H40N6O3/c1-36-28-15-14-26-21-27(28)31(35-36)32(41)33-17-20-37(22-25-11-6-3-7-12-25)18-8-13-30(40)38(23-29(39)34-26)19-16-24-9-4-2-5-10-24/h2-7,9-12,26H,8,13-23H2,1H3,(H,33,41)(H,34,39). The van der Waals surface area contributed by atoms with Crippen LogP contribution in [0.25, 0.3) is 0 Å². The molecule has 0 saturated heterocycles. The number of nitrogens with zero attached hydrogens (tertiary/aromatic N) is 4. The summed E-state index contributed by atoms with van der Waals surface area (Å²) >= 11 is 0. The van der Waals surface area contributed by atoms with Crippen LogP contribution >= 0.6 is 0 Å². The van der Waals surface area contributed by atoms with Gasteiger partial charge < -0.3 is 15.5 Å². The second-order valence-corrected chi connectivity index (χ2v) is 11.1. The summed E-state index contributed by atoms with van der Waals surface area (Å²) in [6.45, 7) is 3.09. The van der Waals surface area contributed by atoms with E-state index in [0.29, 0.717) is 57.6 Å². The van der Waals surface area contributed by atoms with Gasteiger partial charge in [0.05, 0.1) is 6.54 Å². The molecule has 41 heavy (non-hydrogen) atoms. The minimum Gasteiger partial charge on any atom is -0.351 e. The van der Waals surface area contributed by atoms with Crippen LogP contribution in [-0.2, 0) is 42.4 Å². The van der Waals surface area contributed by atoms with E-state index in [1.807, 2.05) is 55.6 Å². The molecule has 0 fully saturated rings. The number of aromatic nitrogens is 2. The van der Waals surface area contributed by atoms with Crippen molar-refractivity contribution in [3.05, 3.63) is 88.7 Å². The molecular weight excluding hydrogens is 516 g/mol. The molecule has 2 aliphatic rings. The third kappa shape index (κ3) is 7.61. The first-order valence-corrected chi connectivity index (χ1v) is 14.7. The molecule has 0 spiro atoms. The molecule has 5 rings (SSSR count). The molecule has 1 aliphatic carbocycles. The topological polar surface area (TPSA) is 99.6 Å². The average molecular weight is 557 g/mol. The van der Waals surface area contributed by atoms with Gasteiger partial charge in [0.25, 0.3) is 5.91 Å². The first kappa shape index (κ1) is 28.5. The fourth-order valence-electron chi connectivity index (χ4n) is 5.88. The van der Waals surface area contributed by atoms with Gasteiger partial charge in [-0.2, -0.15) is 5.10 Å². The molecule has 3 amide bonds. The largest absolute Gasteiger partial charge is 0.351 e. The number of carbonyl (C=O) groups is 3. The van der Waals surface area contributed by atoms with E-state index in [1.165, 1.54) is 5.56 Å². The normalized spacial score (nSPS) is 19.4. The molecule has 216 valence electrons. The van der Waals surface area contributed by atoms with Gasteiger partial charge in [-0.1, -0.05) is 60.7 Å². The van der Waals surface area contributed by atoms with E-state index >= 15 is 0 Å². The number of hydrogen-bond donors (Lipinski definition) is 2. The van der Waals surface area contributed by atoms with Crippen molar-refractivity contribution in [2.24, 2.45) is 7.05 Å². The van der Waals surface area contributed by atoms with E-state index in [2.05, 4.69) is 32.8 Å². The maximum atomic E-state index is 13.4. The maximum absolute atomic E-state index is 13.4. The summed E-state index contributed by atoms with van der Waals surface area (Å²) in [5.41, 5.74) is 4.72. The lowest BCUT2D eigenvalue weighted by molar-refractivity contribution is -0.136. The van der Waals surface area contributed by atoms with E-state index in [0.717, 1.165) is 36.2 Å². The molecular formula is C32H40N6O3. The van der Waals surface area contributed by atoms with Gasteiger partial charge in [-0.25, -0.2) is 0 Å². The third-order valence-electron chi connectivity index (χ3n) is 8.06. The highest BCUT2D eigenvalue weighted by Crippen LogP contribution is 2.24. The van der Waals surface area contributed by atoms with Crippen molar-refractivity contribution in [3.63, 3.8) is 0 Å². The fourth-order valence-corrected chi connectivity index (χ4v) is 5.88. The first-order chi connectivity index (χ1) is 20.0. The predicted octanol–water partition coefficient (Wildman–Crippen LogP) is 2.49. The first-order valence-electron chi connectivity index (χ1n) is 14.7. The molecule has 1 aliphatic heterocycles. The highest BCUT2D eigenvalue weighted by Gasteiger charge is 2.30. The van der Waals surface area contributed by atoms with Crippen LogP contribution in [0.1, 0.15) is 52.1 Å². The number of hydrogen-bond acceptors (Lipinski definition) is 5. The molecule has 1 unspecified atom stereocenters. The predicted molar refractivity (Wildman–Crippen MR) is 157 cm³/mol. The van der Waals surface area contributed by atoms with Gasteiger partial charge in [0.15, 0.2) is 5.69 Å². The summed E-state index contributed by atoms with van der Waals surface area (Å²) in [5, 5.41) is 10.8. The highest BCUT2D eigenvalue weighted by molar-refractivity contribution is 5.94. The lowest BCUT2D eigenvalue weighted by atomic mass is 9.91. The van der Waals surface area contributed by atoms with Crippen LogP contribution < -0.4 is 10.6 Å². The van der Waals surface area contributed by atoms with Crippen molar-refractivity contribution >= 4 is 17.7 Å². The smallest absolute Gasteiger partial charge is 0.272 e. The second-order valence-electron chi connectivity index (χ2n) is 11.1. The van der Waals surface area contributed by atoms with E-state index < -0.39 is 0 Å². The Kier molecular flexibility index (Phi) is 9.46. The maximum Gasteiger partial charge on any atom is 0.272 e. The number of carbonyl (C=O) groups excluding carboxylic acids is 3. The van der Waals surface area contributed by atoms with Crippen LogP contribution in [-0.4, -0.2) is 76.1 Å². The van der Waals surface area contributed by atoms with Gasteiger partial charge in [-0.15, -0.1) is 0 Å². The molecule has 0 radical (unpaired) electrons. The summed E-state index contributed by atoms with van der Waals surface area (Å²) in [7, 11) is 1.87. The summed E-state index contributed by atoms with van der Waals surface area (Å²) in [4.78, 5) is 43.8. The average Bonchev–Trinajstić information content (AvgIpc) is 3.31. The number of amides is 3. The van der Waals surface area contributed by atoms with Gasteiger partial charge >= 0.3 is 0 Å². The van der Waals surface area contributed by atoms with Gasteiger partial charge in [0.2, 0.25) is 11.8 Å². The Morgan fingerprint density at radius 1 is 0.927 bits per heavy atom. The van der Waals surface area contributed by atoms with E-state index in [9.17, 15) is 14.4 Å². The van der Waals surface area contributed by atoms with Crippen molar-refractivity contribution in [2.75, 3.05) is 32.7 Å². The minimum absolute atomic E-state index is 0.00571. The molecule has 3 aromatic rings.